The molecule has 0 spiro atoms. The Kier molecular flexibility index (Phi) is 27.7. The van der Waals surface area contributed by atoms with E-state index in [9.17, 15) is 167 Å². The van der Waals surface area contributed by atoms with Crippen LogP contribution in [-0.2, 0) is 165 Å². The molecule has 1 amide bonds. The number of aliphatic carboxylic acids is 3. The number of aliphatic hydroxyl groups excluding tert-OH is 9. The van der Waals surface area contributed by atoms with Gasteiger partial charge >= 0.3 is 90.5 Å². The topological polar surface area (TPSA) is 875 Å². The van der Waals surface area contributed by atoms with E-state index in [0.29, 0.717) is 0 Å². The van der Waals surface area contributed by atoms with Gasteiger partial charge in [-0.05, 0) is 0 Å². The molecule has 0 radical (unpaired) electrons. The molecule has 0 aromatic carbocycles. The Hall–Kier alpha value is -4.41. The van der Waals surface area contributed by atoms with Crippen LogP contribution in [0.15, 0.2) is 11.5 Å². The number of ether oxygens (including phenoxy) is 11. The number of nitrogens with one attached hydrogen (secondary N) is 3. The number of carbonyl (C=O) groups is 4. The molecule has 0 bridgehead atoms. The van der Waals surface area contributed by atoms with Gasteiger partial charge in [0.25, 0.3) is 0 Å². The Morgan fingerprint density at radius 3 is 1.14 bits per heavy atom. The molecule has 0 aromatic heterocycles. The van der Waals surface area contributed by atoms with Crippen molar-refractivity contribution in [3.63, 3.8) is 0 Å². The molecule has 5 saturated heterocycles. The van der Waals surface area contributed by atoms with Crippen LogP contribution in [0.3, 0.4) is 0 Å². The summed E-state index contributed by atoms with van der Waals surface area (Å²) < 4.78 is 318. The number of carboxylic acids is 3. The molecule has 0 aromatic rings. The Bertz CT molecular complexity index is 3840. The quantitative estimate of drug-likeness (QED) is 0.0287. The molecule has 63 heteroatoms. The Balaban J connectivity index is 1.37. The zero-order valence-corrected chi connectivity index (χ0v) is 54.7. The normalized spacial score (nSPS) is 38.8. The van der Waals surface area contributed by atoms with E-state index >= 15 is 0 Å². The highest BCUT2D eigenvalue weighted by Crippen LogP contribution is 2.39. The van der Waals surface area contributed by atoms with E-state index in [2.05, 4.69) is 20.9 Å². The first-order chi connectivity index (χ1) is 45.9. The third-order valence-corrected chi connectivity index (χ3v) is 17.5. The van der Waals surface area contributed by atoms with Crippen LogP contribution in [0.5, 0.6) is 0 Å². The zero-order chi connectivity index (χ0) is 76.7. The van der Waals surface area contributed by atoms with Crippen molar-refractivity contribution in [1.29, 1.82) is 0 Å². The van der Waals surface area contributed by atoms with Crippen molar-refractivity contribution in [3.05, 3.63) is 11.5 Å². The highest BCUT2D eigenvalue weighted by molar-refractivity contribution is 7.84. The fraction of sp³-hybridized carbons (Fsp3) is 0.842. The molecular formula is C38H59N3O53S7. The summed E-state index contributed by atoms with van der Waals surface area (Å²) in [4.78, 5) is 49.8. The summed E-state index contributed by atoms with van der Waals surface area (Å²) in [5.74, 6) is -11.8. The summed E-state index contributed by atoms with van der Waals surface area (Å²) >= 11 is 0. The molecule has 5 fully saturated rings. The Morgan fingerprint density at radius 1 is 0.406 bits per heavy atom. The van der Waals surface area contributed by atoms with Gasteiger partial charge in [0.2, 0.25) is 18.0 Å². The average Bonchev–Trinajstić information content (AvgIpc) is 0.764. The number of hydrogen-bond donors (Lipinski definition) is 22. The van der Waals surface area contributed by atoms with Crippen molar-refractivity contribution < 1.29 is 244 Å². The van der Waals surface area contributed by atoms with Gasteiger partial charge in [-0.2, -0.15) is 68.4 Å². The fourth-order valence-electron chi connectivity index (χ4n) is 10.1. The van der Waals surface area contributed by atoms with E-state index in [1.165, 1.54) is 4.72 Å². The van der Waals surface area contributed by atoms with Gasteiger partial charge in [0, 0.05) is 6.92 Å². The molecule has 101 heavy (non-hydrogen) atoms. The highest BCUT2D eigenvalue weighted by Gasteiger charge is 2.61. The van der Waals surface area contributed by atoms with Gasteiger partial charge in [-0.1, -0.05) is 0 Å². The lowest BCUT2D eigenvalue weighted by Gasteiger charge is -2.50. The molecule has 56 nitrogen and oxygen atoms in total. The number of amides is 1. The minimum absolute atomic E-state index is 0.842. The number of aliphatic hydroxyl groups is 9. The van der Waals surface area contributed by atoms with E-state index in [-0.39, 0.29) is 0 Å². The molecule has 0 saturated carbocycles. The molecular weight excluding hydrogens is 1570 g/mol. The SMILES string of the molecule is CC(=O)N[C@@H]1[C@@H](O)[C@H](O[C@@H]2O[C@@H](C(=O)O)[C@@H](O[C@H]3O[C@H](COS(=O)(=O)O)[C@@H](O[C@@H]4O[C@@H](C(=O)O)[C@@H](O[C@H]5O[C@H](COS(=O)(=O)O)[C@@H](O[C@@H]6OC(C(=O)O)=C(O)[C@H](O)[C@H]6OS(=O)(=O)O)[C@H](O)[C@H]5NS(=O)(=O)O)[C@H](O)[C@H]4OS(=O)(=O)O)[C@H](O)[C@H]3NS(=O)(=O)O)[C@H](O)[C@H]2O)[C@@H](COS(=O)(=O)O)O[C@@H]1O. The molecule has 6 rings (SSSR count). The molecule has 586 valence electrons. The second-order valence-electron chi connectivity index (χ2n) is 21.2. The maximum atomic E-state index is 13.1. The van der Waals surface area contributed by atoms with Crippen molar-refractivity contribution in [3.8, 4) is 0 Å². The number of carbonyl (C=O) groups excluding carboxylic acids is 1. The molecule has 28 atom stereocenters. The van der Waals surface area contributed by atoms with Crippen molar-refractivity contribution in [2.75, 3.05) is 19.8 Å². The van der Waals surface area contributed by atoms with Gasteiger partial charge < -0.3 is 119 Å². The second-order valence-corrected chi connectivity index (χ2v) is 28.9. The Morgan fingerprint density at radius 2 is 0.762 bits per heavy atom. The van der Waals surface area contributed by atoms with Gasteiger partial charge in [0.15, 0.2) is 61.6 Å². The second kappa shape index (κ2) is 32.8. The lowest BCUT2D eigenvalue weighted by atomic mass is 9.94. The number of carboxylic acid groups (broad SMARTS) is 3. The van der Waals surface area contributed by atoms with E-state index in [1.807, 2.05) is 5.32 Å². The molecule has 22 N–H and O–H groups in total. The van der Waals surface area contributed by atoms with Crippen LogP contribution in [0.25, 0.3) is 0 Å². The van der Waals surface area contributed by atoms with Crippen LogP contribution in [0.2, 0.25) is 0 Å². The van der Waals surface area contributed by atoms with Crippen LogP contribution in [0.1, 0.15) is 6.92 Å². The predicted molar refractivity (Wildman–Crippen MR) is 289 cm³/mol. The van der Waals surface area contributed by atoms with E-state index < -0.39 is 300 Å². The lowest BCUT2D eigenvalue weighted by molar-refractivity contribution is -0.375. The maximum absolute atomic E-state index is 13.1. The lowest BCUT2D eigenvalue weighted by Crippen LogP contribution is -2.71. The Labute approximate surface area is 563 Å². The third kappa shape index (κ3) is 23.3. The third-order valence-electron chi connectivity index (χ3n) is 14.1. The van der Waals surface area contributed by atoms with Gasteiger partial charge in [-0.15, -0.1) is 0 Å². The van der Waals surface area contributed by atoms with Crippen LogP contribution in [0.4, 0.5) is 0 Å². The zero-order valence-electron chi connectivity index (χ0n) is 49.0. The van der Waals surface area contributed by atoms with Crippen LogP contribution >= 0.6 is 0 Å². The molecule has 0 aliphatic carbocycles. The fourth-order valence-corrected chi connectivity index (χ4v) is 13.2. The van der Waals surface area contributed by atoms with Gasteiger partial charge in [0.1, 0.15) is 110 Å². The van der Waals surface area contributed by atoms with E-state index in [4.69, 9.17) is 56.7 Å². The van der Waals surface area contributed by atoms with Gasteiger partial charge in [-0.3, -0.25) is 36.7 Å². The molecule has 6 heterocycles. The summed E-state index contributed by atoms with van der Waals surface area (Å²) in [6, 6.07) is -7.94. The first-order valence-corrected chi connectivity index (χ1v) is 36.4. The standard InChI is InChI=1S/C38H59N3O53S7/c1-5(42)39-9-12(43)20(6(82-33(9)57)2-79-97(64,65)66)85-36-18(49)17(48)23(28(91-36)31(53)54)88-34-10(40-95(58,59)60)13(44)22(8(83-34)4-81-99(70,71)72)87-38-27(94-101(76,77)78)19(50)24(29(92-38)32(55)56)89-35-11(41-96(61,62)63)14(45)21(7(84-35)3-80-98(67,68)69)86-37-26(93-100(73,74)75)16(47)15(46)25(90-37)30(51)52/h6-14,16-24,26-29,33-38,40-41,43-50,57H,2-4H2,1H3,(H,39,42)(H,51,52)(H,53,54)(H,55,56)(H,58,59,60)(H,61,62,63)(H,64,65,66)(H,67,68,69)(H,70,71,72)(H,73,74,75)(H,76,77,78)/t6-,7-,8-,9-,10-,11-,12-,13-,14-,16+,17-,18-,19+,20-,21-,22-,23+,24+,26-,27-,28-,29-,33+,34-,35-,36-,37-,38-/m1/s1. The molecule has 6 aliphatic heterocycles. The number of rotatable bonds is 31. The maximum Gasteiger partial charge on any atom is 0.397 e. The first-order valence-electron chi connectivity index (χ1n) is 26.7. The van der Waals surface area contributed by atoms with Crippen LogP contribution in [-0.4, -0.2) is 368 Å². The van der Waals surface area contributed by atoms with Gasteiger partial charge in [0.05, 0.1) is 19.8 Å². The predicted octanol–water partition coefficient (Wildman–Crippen LogP) is -14.7. The largest absolute Gasteiger partial charge is 0.506 e. The highest BCUT2D eigenvalue weighted by atomic mass is 32.3. The minimum Gasteiger partial charge on any atom is -0.506 e. The first kappa shape index (κ1) is 85.5. The van der Waals surface area contributed by atoms with Crippen molar-refractivity contribution in [2.24, 2.45) is 0 Å². The van der Waals surface area contributed by atoms with Crippen molar-refractivity contribution in [1.82, 2.24) is 14.8 Å². The van der Waals surface area contributed by atoms with E-state index in [1.54, 1.807) is 0 Å². The van der Waals surface area contributed by atoms with Crippen LogP contribution in [0, 0.1) is 0 Å². The summed E-state index contributed by atoms with van der Waals surface area (Å²) in [6.07, 6.45) is -72.3. The molecule has 0 unspecified atom stereocenters. The molecule has 6 aliphatic rings. The van der Waals surface area contributed by atoms with Crippen molar-refractivity contribution >= 4 is 96.4 Å². The van der Waals surface area contributed by atoms with E-state index in [0.717, 1.165) is 11.6 Å². The van der Waals surface area contributed by atoms with Gasteiger partial charge in [-0.25, -0.2) is 35.3 Å². The minimum atomic E-state index is -6.28. The average molecular weight is 1630 g/mol. The summed E-state index contributed by atoms with van der Waals surface area (Å²) in [5.41, 5.74) is 0. The van der Waals surface area contributed by atoms with Crippen molar-refractivity contribution in [2.45, 2.75) is 179 Å². The summed E-state index contributed by atoms with van der Waals surface area (Å²) in [6.45, 7) is -4.34. The summed E-state index contributed by atoms with van der Waals surface area (Å²) in [5, 5.41) is 133. The van der Waals surface area contributed by atoms with Crippen LogP contribution < -0.4 is 14.8 Å². The smallest absolute Gasteiger partial charge is 0.397 e. The summed E-state index contributed by atoms with van der Waals surface area (Å²) in [7, 11) is -41.2. The monoisotopic (exact) mass is 1630 g/mol. The number of hydrogen-bond acceptors (Lipinski definition) is 43.